The van der Waals surface area contributed by atoms with E-state index in [-0.39, 0.29) is 5.97 Å². The van der Waals surface area contributed by atoms with Gasteiger partial charge in [-0.25, -0.2) is 9.78 Å². The summed E-state index contributed by atoms with van der Waals surface area (Å²) in [5.41, 5.74) is 6.58. The normalized spacial score (nSPS) is 18.7. The third-order valence-corrected chi connectivity index (χ3v) is 3.78. The molecule has 1 aliphatic rings. The number of rotatable bonds is 6. The molecule has 0 saturated carbocycles. The summed E-state index contributed by atoms with van der Waals surface area (Å²) in [6, 6.07) is 1.61. The van der Waals surface area contributed by atoms with Gasteiger partial charge >= 0.3 is 5.97 Å². The van der Waals surface area contributed by atoms with Gasteiger partial charge in [-0.05, 0) is 38.4 Å². The number of nitrogen functional groups attached to an aromatic ring is 1. The van der Waals surface area contributed by atoms with Gasteiger partial charge in [-0.2, -0.15) is 0 Å². The van der Waals surface area contributed by atoms with E-state index < -0.39 is 0 Å². The van der Waals surface area contributed by atoms with E-state index in [0.717, 1.165) is 26.2 Å². The fourth-order valence-electron chi connectivity index (χ4n) is 2.59. The van der Waals surface area contributed by atoms with E-state index in [1.165, 1.54) is 6.42 Å². The third kappa shape index (κ3) is 4.07. The van der Waals surface area contributed by atoms with Crippen LogP contribution in [0.1, 0.15) is 30.6 Å². The number of hydrogen-bond donors (Lipinski definition) is 2. The molecule has 6 heteroatoms. The van der Waals surface area contributed by atoms with E-state index in [0.29, 0.717) is 29.6 Å². The Kier molecular flexibility index (Phi) is 5.38. The molecule has 3 N–H and O–H groups in total. The fraction of sp³-hybridized carbons (Fsp3) is 0.600. The monoisotopic (exact) mass is 292 g/mol. The minimum Gasteiger partial charge on any atom is -0.462 e. The first-order valence-electron chi connectivity index (χ1n) is 7.52. The lowest BCUT2D eigenvalue weighted by atomic mass is 10.1. The largest absolute Gasteiger partial charge is 0.462 e. The van der Waals surface area contributed by atoms with Crippen molar-refractivity contribution in [2.75, 3.05) is 43.8 Å². The van der Waals surface area contributed by atoms with Crippen molar-refractivity contribution in [1.29, 1.82) is 0 Å². The van der Waals surface area contributed by atoms with Crippen molar-refractivity contribution in [2.24, 2.45) is 5.92 Å². The van der Waals surface area contributed by atoms with Crippen molar-refractivity contribution in [3.63, 3.8) is 0 Å². The lowest BCUT2D eigenvalue weighted by Gasteiger charge is -2.15. The Morgan fingerprint density at radius 2 is 2.38 bits per heavy atom. The molecule has 6 nitrogen and oxygen atoms in total. The van der Waals surface area contributed by atoms with Crippen molar-refractivity contribution in [2.45, 2.75) is 20.3 Å². The van der Waals surface area contributed by atoms with E-state index in [4.69, 9.17) is 10.5 Å². The Hall–Kier alpha value is -1.82. The van der Waals surface area contributed by atoms with Gasteiger partial charge in [-0.1, -0.05) is 6.92 Å². The van der Waals surface area contributed by atoms with E-state index in [2.05, 4.69) is 22.1 Å². The number of hydrogen-bond acceptors (Lipinski definition) is 6. The Morgan fingerprint density at radius 1 is 1.57 bits per heavy atom. The molecule has 1 aromatic heterocycles. The van der Waals surface area contributed by atoms with Crippen molar-refractivity contribution in [3.8, 4) is 0 Å². The molecule has 0 bridgehead atoms. The number of nitrogens with zero attached hydrogens (tertiary/aromatic N) is 2. The number of pyridine rings is 1. The molecule has 0 spiro atoms. The lowest BCUT2D eigenvalue weighted by Crippen LogP contribution is -2.23. The molecule has 1 aliphatic heterocycles. The molecule has 2 rings (SSSR count). The molecule has 0 aliphatic carbocycles. The average molecular weight is 292 g/mol. The Balaban J connectivity index is 2.01. The van der Waals surface area contributed by atoms with E-state index in [1.807, 2.05) is 0 Å². The number of aromatic nitrogens is 1. The SMILES string of the molecule is CCOC(=O)c1cc(N)cnc1NCC1CCN(CC)C1. The Morgan fingerprint density at radius 3 is 3.05 bits per heavy atom. The summed E-state index contributed by atoms with van der Waals surface area (Å²) in [7, 11) is 0. The maximum absolute atomic E-state index is 11.9. The molecular weight excluding hydrogens is 268 g/mol. The van der Waals surface area contributed by atoms with Gasteiger partial charge < -0.3 is 20.7 Å². The summed E-state index contributed by atoms with van der Waals surface area (Å²) >= 11 is 0. The second-order valence-electron chi connectivity index (χ2n) is 5.31. The zero-order valence-corrected chi connectivity index (χ0v) is 12.8. The van der Waals surface area contributed by atoms with Crippen LogP contribution in [0.2, 0.25) is 0 Å². The van der Waals surface area contributed by atoms with E-state index in [1.54, 1.807) is 19.2 Å². The van der Waals surface area contributed by atoms with Gasteiger partial charge in [0.05, 0.1) is 18.5 Å². The number of nitrogens with one attached hydrogen (secondary N) is 1. The molecule has 1 unspecified atom stereocenters. The van der Waals surface area contributed by atoms with Gasteiger partial charge in [-0.3, -0.25) is 0 Å². The van der Waals surface area contributed by atoms with Crippen LogP contribution in [0.25, 0.3) is 0 Å². The van der Waals surface area contributed by atoms with Crippen molar-refractivity contribution in [1.82, 2.24) is 9.88 Å². The van der Waals surface area contributed by atoms with Crippen LogP contribution in [0.3, 0.4) is 0 Å². The number of likely N-dealkylation sites (tertiary alicyclic amines) is 1. The number of esters is 1. The Bertz CT molecular complexity index is 493. The predicted octanol–water partition coefficient (Wildman–Crippen LogP) is 1.59. The molecule has 1 fully saturated rings. The molecular formula is C15H24N4O2. The summed E-state index contributed by atoms with van der Waals surface area (Å²) in [6.45, 7) is 8.42. The highest BCUT2D eigenvalue weighted by atomic mass is 16.5. The first kappa shape index (κ1) is 15.6. The van der Waals surface area contributed by atoms with Crippen LogP contribution in [-0.2, 0) is 4.74 Å². The van der Waals surface area contributed by atoms with Gasteiger partial charge in [0.25, 0.3) is 0 Å². The highest BCUT2D eigenvalue weighted by molar-refractivity contribution is 5.95. The van der Waals surface area contributed by atoms with Gasteiger partial charge in [-0.15, -0.1) is 0 Å². The van der Waals surface area contributed by atoms with Crippen LogP contribution in [0.15, 0.2) is 12.3 Å². The highest BCUT2D eigenvalue weighted by Gasteiger charge is 2.22. The smallest absolute Gasteiger partial charge is 0.341 e. The summed E-state index contributed by atoms with van der Waals surface area (Å²) in [6.07, 6.45) is 2.72. The summed E-state index contributed by atoms with van der Waals surface area (Å²) in [5.74, 6) is 0.748. The Labute approximate surface area is 125 Å². The average Bonchev–Trinajstić information content (AvgIpc) is 2.94. The maximum Gasteiger partial charge on any atom is 0.341 e. The first-order chi connectivity index (χ1) is 10.1. The van der Waals surface area contributed by atoms with E-state index in [9.17, 15) is 4.79 Å². The number of carbonyl (C=O) groups is 1. The summed E-state index contributed by atoms with van der Waals surface area (Å²) in [4.78, 5) is 18.6. The molecule has 116 valence electrons. The van der Waals surface area contributed by atoms with Gasteiger partial charge in [0.2, 0.25) is 0 Å². The van der Waals surface area contributed by atoms with Crippen LogP contribution >= 0.6 is 0 Å². The number of carbonyl (C=O) groups excluding carboxylic acids is 1. The molecule has 1 aromatic rings. The van der Waals surface area contributed by atoms with E-state index >= 15 is 0 Å². The molecule has 0 radical (unpaired) electrons. The second kappa shape index (κ2) is 7.26. The zero-order valence-electron chi connectivity index (χ0n) is 12.8. The molecule has 1 saturated heterocycles. The zero-order chi connectivity index (χ0) is 15.2. The van der Waals surface area contributed by atoms with Gasteiger partial charge in [0.1, 0.15) is 11.4 Å². The summed E-state index contributed by atoms with van der Waals surface area (Å²) < 4.78 is 5.05. The van der Waals surface area contributed by atoms with Gasteiger partial charge in [0.15, 0.2) is 0 Å². The molecule has 21 heavy (non-hydrogen) atoms. The quantitative estimate of drug-likeness (QED) is 0.775. The van der Waals surface area contributed by atoms with Crippen molar-refractivity contribution < 1.29 is 9.53 Å². The van der Waals surface area contributed by atoms with Crippen molar-refractivity contribution in [3.05, 3.63) is 17.8 Å². The molecule has 0 amide bonds. The summed E-state index contributed by atoms with van der Waals surface area (Å²) in [5, 5.41) is 3.27. The number of nitrogens with two attached hydrogens (primary N) is 1. The van der Waals surface area contributed by atoms with Crippen molar-refractivity contribution >= 4 is 17.5 Å². The second-order valence-corrected chi connectivity index (χ2v) is 5.31. The molecule has 1 atom stereocenters. The molecule has 0 aromatic carbocycles. The highest BCUT2D eigenvalue weighted by Crippen LogP contribution is 2.20. The van der Waals surface area contributed by atoms with Crippen LogP contribution in [0.4, 0.5) is 11.5 Å². The standard InChI is InChI=1S/C15H24N4O2/c1-3-19-6-5-11(10-19)8-17-14-13(15(20)21-4-2)7-12(16)9-18-14/h7,9,11H,3-6,8,10,16H2,1-2H3,(H,17,18). The topological polar surface area (TPSA) is 80.5 Å². The predicted molar refractivity (Wildman–Crippen MR) is 83.3 cm³/mol. The fourth-order valence-corrected chi connectivity index (χ4v) is 2.59. The third-order valence-electron chi connectivity index (χ3n) is 3.78. The van der Waals surface area contributed by atoms with Crippen LogP contribution < -0.4 is 11.1 Å². The minimum absolute atomic E-state index is 0.334. The molecule has 2 heterocycles. The van der Waals surface area contributed by atoms with Crippen LogP contribution in [-0.4, -0.2) is 48.6 Å². The maximum atomic E-state index is 11.9. The van der Waals surface area contributed by atoms with Gasteiger partial charge in [0, 0.05) is 13.1 Å². The number of ether oxygens (including phenoxy) is 1. The van der Waals surface area contributed by atoms with Crippen LogP contribution in [0, 0.1) is 5.92 Å². The number of anilines is 2. The minimum atomic E-state index is -0.388. The lowest BCUT2D eigenvalue weighted by molar-refractivity contribution is 0.0527. The first-order valence-corrected chi connectivity index (χ1v) is 7.52. The van der Waals surface area contributed by atoms with Crippen LogP contribution in [0.5, 0.6) is 0 Å².